The van der Waals surface area contributed by atoms with Crippen LogP contribution < -0.4 is 11.1 Å². The Morgan fingerprint density at radius 2 is 1.79 bits per heavy atom. The number of aromatic nitrogens is 3. The minimum absolute atomic E-state index is 0.219. The van der Waals surface area contributed by atoms with Crippen molar-refractivity contribution >= 4 is 40.1 Å². The van der Waals surface area contributed by atoms with Gasteiger partial charge in [-0.3, -0.25) is 4.79 Å². The summed E-state index contributed by atoms with van der Waals surface area (Å²) in [5, 5.41) is 7.41. The normalized spacial score (nSPS) is 11.5. The molecule has 0 aliphatic heterocycles. The number of anilines is 1. The first-order valence-electron chi connectivity index (χ1n) is 9.63. The van der Waals surface area contributed by atoms with Crippen LogP contribution in [0.2, 0.25) is 0 Å². The molecule has 0 saturated heterocycles. The fourth-order valence-corrected chi connectivity index (χ4v) is 3.12. The van der Waals surface area contributed by atoms with E-state index in [9.17, 15) is 4.79 Å². The first kappa shape index (κ1) is 18.6. The minimum atomic E-state index is -0.265. The SMILES string of the molecule is CCCCNC(=O)c1c(N)n(N=Cc2ccccc2)c2nc3ccccc3nc12. The molecule has 0 unspecified atom stereocenters. The Balaban J connectivity index is 1.87. The summed E-state index contributed by atoms with van der Waals surface area (Å²) in [6.45, 7) is 2.65. The molecule has 4 rings (SSSR count). The molecular formula is C22H22N6O. The lowest BCUT2D eigenvalue weighted by molar-refractivity contribution is 0.0955. The van der Waals surface area contributed by atoms with Crippen molar-refractivity contribution in [1.82, 2.24) is 20.0 Å². The number of para-hydroxylation sites is 2. The van der Waals surface area contributed by atoms with Gasteiger partial charge in [-0.25, -0.2) is 9.97 Å². The van der Waals surface area contributed by atoms with Gasteiger partial charge in [0.25, 0.3) is 5.91 Å². The molecule has 0 radical (unpaired) electrons. The maximum Gasteiger partial charge on any atom is 0.257 e. The van der Waals surface area contributed by atoms with Crippen LogP contribution in [-0.4, -0.2) is 33.3 Å². The van der Waals surface area contributed by atoms with Crippen molar-refractivity contribution in [2.45, 2.75) is 19.8 Å². The standard InChI is InChI=1S/C22H22N6O/c1-2-3-13-24-22(29)18-19-21(27-17-12-8-7-11-16(17)26-19)28(20(18)23)25-14-15-9-5-4-6-10-15/h4-12,14H,2-3,13,23H2,1H3,(H,24,29). The number of hydrogen-bond acceptors (Lipinski definition) is 5. The van der Waals surface area contributed by atoms with Crippen molar-refractivity contribution in [2.75, 3.05) is 12.3 Å². The molecule has 0 spiro atoms. The highest BCUT2D eigenvalue weighted by molar-refractivity contribution is 6.10. The van der Waals surface area contributed by atoms with Gasteiger partial charge >= 0.3 is 0 Å². The highest BCUT2D eigenvalue weighted by atomic mass is 16.1. The average molecular weight is 386 g/mol. The molecule has 29 heavy (non-hydrogen) atoms. The van der Waals surface area contributed by atoms with E-state index < -0.39 is 0 Å². The van der Waals surface area contributed by atoms with Crippen molar-refractivity contribution in [1.29, 1.82) is 0 Å². The minimum Gasteiger partial charge on any atom is -0.383 e. The largest absolute Gasteiger partial charge is 0.383 e. The summed E-state index contributed by atoms with van der Waals surface area (Å²) in [6, 6.07) is 17.2. The average Bonchev–Trinajstić information content (AvgIpc) is 3.01. The van der Waals surface area contributed by atoms with Crippen molar-refractivity contribution in [2.24, 2.45) is 5.10 Å². The van der Waals surface area contributed by atoms with E-state index >= 15 is 0 Å². The highest BCUT2D eigenvalue weighted by Crippen LogP contribution is 2.27. The summed E-state index contributed by atoms with van der Waals surface area (Å²) in [4.78, 5) is 22.2. The lowest BCUT2D eigenvalue weighted by atomic mass is 10.2. The number of carbonyl (C=O) groups is 1. The van der Waals surface area contributed by atoms with Crippen molar-refractivity contribution < 1.29 is 4.79 Å². The lowest BCUT2D eigenvalue weighted by Crippen LogP contribution is -2.25. The number of unbranched alkanes of at least 4 members (excludes halogenated alkanes) is 1. The number of nitrogens with one attached hydrogen (secondary N) is 1. The van der Waals surface area contributed by atoms with Crippen molar-refractivity contribution in [3.63, 3.8) is 0 Å². The fraction of sp³-hybridized carbons (Fsp3) is 0.182. The molecule has 0 fully saturated rings. The van der Waals surface area contributed by atoms with Crippen LogP contribution in [-0.2, 0) is 0 Å². The molecular weight excluding hydrogens is 364 g/mol. The van der Waals surface area contributed by atoms with Crippen molar-refractivity contribution in [3.8, 4) is 0 Å². The van der Waals surface area contributed by atoms with Gasteiger partial charge in [0.15, 0.2) is 5.65 Å². The van der Waals surface area contributed by atoms with Gasteiger partial charge in [-0.15, -0.1) is 0 Å². The van der Waals surface area contributed by atoms with Gasteiger partial charge in [-0.05, 0) is 24.1 Å². The summed E-state index contributed by atoms with van der Waals surface area (Å²) in [6.07, 6.45) is 3.57. The van der Waals surface area contributed by atoms with Crippen LogP contribution in [0.15, 0.2) is 59.7 Å². The van der Waals surface area contributed by atoms with Gasteiger partial charge in [0, 0.05) is 6.54 Å². The van der Waals surface area contributed by atoms with E-state index in [1.807, 2.05) is 54.6 Å². The van der Waals surface area contributed by atoms with Crippen molar-refractivity contribution in [3.05, 3.63) is 65.7 Å². The number of benzene rings is 2. The Kier molecular flexibility index (Phi) is 5.20. The molecule has 0 saturated carbocycles. The molecule has 0 bridgehead atoms. The van der Waals surface area contributed by atoms with E-state index in [0.29, 0.717) is 34.3 Å². The second kappa shape index (κ2) is 8.10. The quantitative estimate of drug-likeness (QED) is 0.391. The van der Waals surface area contributed by atoms with E-state index in [-0.39, 0.29) is 11.7 Å². The summed E-state index contributed by atoms with van der Waals surface area (Å²) >= 11 is 0. The van der Waals surface area contributed by atoms with E-state index in [1.165, 1.54) is 4.68 Å². The van der Waals surface area contributed by atoms with Gasteiger partial charge in [0.2, 0.25) is 0 Å². The van der Waals surface area contributed by atoms with Crippen LogP contribution >= 0.6 is 0 Å². The van der Waals surface area contributed by atoms with Crippen LogP contribution in [0.25, 0.3) is 22.2 Å². The van der Waals surface area contributed by atoms with E-state index in [0.717, 1.165) is 18.4 Å². The lowest BCUT2D eigenvalue weighted by Gasteiger charge is -2.04. The molecule has 2 heterocycles. The first-order chi connectivity index (χ1) is 14.2. The zero-order valence-corrected chi connectivity index (χ0v) is 16.2. The third kappa shape index (κ3) is 3.67. The van der Waals surface area contributed by atoms with Gasteiger partial charge in [0.1, 0.15) is 16.9 Å². The molecule has 0 aliphatic carbocycles. The predicted molar refractivity (Wildman–Crippen MR) is 116 cm³/mol. The number of nitrogen functional groups attached to an aromatic ring is 1. The molecule has 1 amide bonds. The van der Waals surface area contributed by atoms with Gasteiger partial charge < -0.3 is 11.1 Å². The first-order valence-corrected chi connectivity index (χ1v) is 9.63. The maximum absolute atomic E-state index is 12.9. The Labute approximate surface area is 168 Å². The smallest absolute Gasteiger partial charge is 0.257 e. The number of rotatable bonds is 6. The van der Waals surface area contributed by atoms with Gasteiger partial charge in [-0.2, -0.15) is 9.78 Å². The number of nitrogens with two attached hydrogens (primary N) is 1. The van der Waals surface area contributed by atoms with Crippen LogP contribution in [0.3, 0.4) is 0 Å². The summed E-state index contributed by atoms with van der Waals surface area (Å²) < 4.78 is 1.48. The Bertz CT molecular complexity index is 1200. The number of hydrogen-bond donors (Lipinski definition) is 2. The number of nitrogens with zero attached hydrogens (tertiary/aromatic N) is 4. The van der Waals surface area contributed by atoms with Gasteiger partial charge in [-0.1, -0.05) is 55.8 Å². The zero-order valence-electron chi connectivity index (χ0n) is 16.2. The fourth-order valence-electron chi connectivity index (χ4n) is 3.12. The highest BCUT2D eigenvalue weighted by Gasteiger charge is 2.23. The second-order valence-corrected chi connectivity index (χ2v) is 6.72. The zero-order chi connectivity index (χ0) is 20.2. The number of carbonyl (C=O) groups excluding carboxylic acids is 1. The molecule has 2 aromatic carbocycles. The monoisotopic (exact) mass is 386 g/mol. The van der Waals surface area contributed by atoms with Crippen LogP contribution in [0, 0.1) is 0 Å². The molecule has 4 aromatic rings. The third-order valence-corrected chi connectivity index (χ3v) is 4.64. The molecule has 7 nitrogen and oxygen atoms in total. The Hall–Kier alpha value is -3.74. The molecule has 0 atom stereocenters. The molecule has 3 N–H and O–H groups in total. The summed E-state index contributed by atoms with van der Waals surface area (Å²) in [7, 11) is 0. The molecule has 2 aromatic heterocycles. The van der Waals surface area contributed by atoms with E-state index in [1.54, 1.807) is 6.21 Å². The molecule has 0 aliphatic rings. The third-order valence-electron chi connectivity index (χ3n) is 4.64. The van der Waals surface area contributed by atoms with E-state index in [4.69, 9.17) is 5.73 Å². The molecule has 7 heteroatoms. The Morgan fingerprint density at radius 3 is 2.52 bits per heavy atom. The summed E-state index contributed by atoms with van der Waals surface area (Å²) in [5.74, 6) is -0.0457. The number of amides is 1. The topological polar surface area (TPSA) is 98.2 Å². The van der Waals surface area contributed by atoms with E-state index in [2.05, 4.69) is 27.3 Å². The second-order valence-electron chi connectivity index (χ2n) is 6.72. The Morgan fingerprint density at radius 1 is 1.10 bits per heavy atom. The van der Waals surface area contributed by atoms with Crippen LogP contribution in [0.5, 0.6) is 0 Å². The summed E-state index contributed by atoms with van der Waals surface area (Å²) in [5.41, 5.74) is 9.89. The predicted octanol–water partition coefficient (Wildman–Crippen LogP) is 3.58. The van der Waals surface area contributed by atoms with Gasteiger partial charge in [0.05, 0.1) is 17.2 Å². The number of fused-ring (bicyclic) bond motifs is 2. The molecule has 146 valence electrons. The maximum atomic E-state index is 12.9. The van der Waals surface area contributed by atoms with Crippen LogP contribution in [0.4, 0.5) is 5.82 Å². The van der Waals surface area contributed by atoms with Crippen LogP contribution in [0.1, 0.15) is 35.7 Å².